The molecule has 1 aromatic rings. The summed E-state index contributed by atoms with van der Waals surface area (Å²) in [6.07, 6.45) is 2.52. The fraction of sp³-hybridized carbons (Fsp3) is 0.600. The average Bonchev–Trinajstić information content (AvgIpc) is 2.73. The van der Waals surface area contributed by atoms with Crippen molar-refractivity contribution in [1.82, 2.24) is 5.32 Å². The van der Waals surface area contributed by atoms with Crippen LogP contribution in [-0.4, -0.2) is 19.6 Å². The van der Waals surface area contributed by atoms with Gasteiger partial charge in [-0.15, -0.1) is 0 Å². The van der Waals surface area contributed by atoms with Gasteiger partial charge in [-0.05, 0) is 35.4 Å². The largest absolute Gasteiger partial charge is 0.374 e. The van der Waals surface area contributed by atoms with E-state index in [-0.39, 0.29) is 0 Å². The van der Waals surface area contributed by atoms with E-state index in [2.05, 4.69) is 49.3 Å². The van der Waals surface area contributed by atoms with Crippen LogP contribution < -0.4 is 10.2 Å². The Kier molecular flexibility index (Phi) is 2.44. The minimum absolute atomic E-state index is 0.525. The minimum Gasteiger partial charge on any atom is -0.374 e. The number of rotatable bonds is 3. The predicted octanol–water partition coefficient (Wildman–Crippen LogP) is 2.57. The second-order valence-corrected chi connectivity index (χ2v) is 6.26. The molecule has 0 bridgehead atoms. The van der Waals surface area contributed by atoms with E-state index in [1.165, 1.54) is 36.2 Å². The van der Waals surface area contributed by atoms with Gasteiger partial charge in [0.25, 0.3) is 0 Å². The second-order valence-electron chi connectivity index (χ2n) is 6.26. The Hall–Kier alpha value is -1.02. The number of nitrogens with one attached hydrogen (secondary N) is 1. The van der Waals surface area contributed by atoms with Crippen molar-refractivity contribution in [3.05, 3.63) is 29.3 Å². The lowest BCUT2D eigenvalue weighted by molar-refractivity contribution is 0.542. The molecule has 3 rings (SSSR count). The summed E-state index contributed by atoms with van der Waals surface area (Å²) in [5.41, 5.74) is 4.89. The smallest absolute Gasteiger partial charge is 0.0397 e. The molecule has 1 saturated carbocycles. The lowest BCUT2D eigenvalue weighted by atomic mass is 10.1. The molecular weight excluding hydrogens is 208 g/mol. The first-order chi connectivity index (χ1) is 8.06. The van der Waals surface area contributed by atoms with Crippen molar-refractivity contribution in [2.45, 2.75) is 39.3 Å². The third-order valence-electron chi connectivity index (χ3n) is 4.34. The van der Waals surface area contributed by atoms with E-state index in [1.54, 1.807) is 0 Å². The number of hydrogen-bond acceptors (Lipinski definition) is 2. The number of benzene rings is 1. The van der Waals surface area contributed by atoms with Gasteiger partial charge in [0.05, 0.1) is 0 Å². The van der Waals surface area contributed by atoms with Gasteiger partial charge in [0.15, 0.2) is 0 Å². The van der Waals surface area contributed by atoms with Crippen molar-refractivity contribution in [3.63, 3.8) is 0 Å². The summed E-state index contributed by atoms with van der Waals surface area (Å²) in [6, 6.07) is 7.64. The van der Waals surface area contributed by atoms with Crippen molar-refractivity contribution in [2.24, 2.45) is 5.41 Å². The zero-order valence-corrected chi connectivity index (χ0v) is 11.1. The first kappa shape index (κ1) is 11.1. The third-order valence-corrected chi connectivity index (χ3v) is 4.34. The Morgan fingerprint density at radius 1 is 1.41 bits per heavy atom. The average molecular weight is 230 g/mol. The molecule has 1 N–H and O–H groups in total. The maximum absolute atomic E-state index is 3.65. The molecule has 1 fully saturated rings. The molecule has 2 aliphatic rings. The van der Waals surface area contributed by atoms with E-state index in [9.17, 15) is 0 Å². The fourth-order valence-corrected chi connectivity index (χ4v) is 2.79. The Balaban J connectivity index is 1.65. The molecule has 1 aliphatic heterocycles. The Morgan fingerprint density at radius 3 is 2.88 bits per heavy atom. The van der Waals surface area contributed by atoms with Crippen molar-refractivity contribution in [3.8, 4) is 0 Å². The molecule has 0 saturated heterocycles. The molecule has 0 spiro atoms. The summed E-state index contributed by atoms with van der Waals surface area (Å²) >= 11 is 0. The topological polar surface area (TPSA) is 15.3 Å². The third kappa shape index (κ3) is 2.06. The van der Waals surface area contributed by atoms with Gasteiger partial charge in [0, 0.05) is 31.9 Å². The number of likely N-dealkylation sites (N-methyl/N-ethyl adjacent to an activating group) is 1. The molecular formula is C15H22N2. The van der Waals surface area contributed by atoms with Crippen molar-refractivity contribution >= 4 is 5.69 Å². The highest BCUT2D eigenvalue weighted by Gasteiger charge is 2.44. The van der Waals surface area contributed by atoms with E-state index < -0.39 is 0 Å². The first-order valence-electron chi connectivity index (χ1n) is 6.62. The monoisotopic (exact) mass is 230 g/mol. The van der Waals surface area contributed by atoms with Gasteiger partial charge in [-0.2, -0.15) is 0 Å². The molecule has 17 heavy (non-hydrogen) atoms. The molecule has 0 aromatic heterocycles. The van der Waals surface area contributed by atoms with E-state index in [1.807, 2.05) is 0 Å². The molecule has 1 heterocycles. The predicted molar refractivity (Wildman–Crippen MR) is 72.4 cm³/mol. The Labute approximate surface area is 104 Å². The van der Waals surface area contributed by atoms with Crippen LogP contribution in [0.4, 0.5) is 5.69 Å². The van der Waals surface area contributed by atoms with Crippen LogP contribution >= 0.6 is 0 Å². The number of hydrogen-bond donors (Lipinski definition) is 1. The van der Waals surface area contributed by atoms with Crippen LogP contribution in [0.3, 0.4) is 0 Å². The first-order valence-corrected chi connectivity index (χ1v) is 6.62. The number of fused-ring (bicyclic) bond motifs is 1. The Morgan fingerprint density at radius 2 is 2.18 bits per heavy atom. The van der Waals surface area contributed by atoms with Gasteiger partial charge in [-0.25, -0.2) is 0 Å². The van der Waals surface area contributed by atoms with Crippen LogP contribution in [0, 0.1) is 5.41 Å². The fourth-order valence-electron chi connectivity index (χ4n) is 2.79. The van der Waals surface area contributed by atoms with Gasteiger partial charge in [0.1, 0.15) is 0 Å². The lowest BCUT2D eigenvalue weighted by Gasteiger charge is -2.12. The summed E-state index contributed by atoms with van der Waals surface area (Å²) < 4.78 is 0. The molecule has 1 aliphatic carbocycles. The highest BCUT2D eigenvalue weighted by molar-refractivity contribution is 5.58. The van der Waals surface area contributed by atoms with Crippen LogP contribution in [0.15, 0.2) is 18.2 Å². The zero-order chi connectivity index (χ0) is 12.0. The normalized spacial score (nSPS) is 24.9. The number of anilines is 1. The second kappa shape index (κ2) is 3.74. The van der Waals surface area contributed by atoms with Crippen LogP contribution in [0.2, 0.25) is 0 Å². The van der Waals surface area contributed by atoms with Crippen LogP contribution in [0.5, 0.6) is 0 Å². The van der Waals surface area contributed by atoms with Gasteiger partial charge in [0.2, 0.25) is 0 Å². The van der Waals surface area contributed by atoms with Gasteiger partial charge >= 0.3 is 0 Å². The van der Waals surface area contributed by atoms with Crippen LogP contribution in [0.25, 0.3) is 0 Å². The highest BCUT2D eigenvalue weighted by atomic mass is 15.1. The maximum atomic E-state index is 3.65. The van der Waals surface area contributed by atoms with E-state index in [0.29, 0.717) is 5.41 Å². The molecule has 1 aromatic carbocycles. The molecule has 2 nitrogen and oxygen atoms in total. The zero-order valence-electron chi connectivity index (χ0n) is 11.1. The van der Waals surface area contributed by atoms with Crippen molar-refractivity contribution in [2.75, 3.05) is 18.5 Å². The Bertz CT molecular complexity index is 437. The van der Waals surface area contributed by atoms with E-state index in [0.717, 1.165) is 12.6 Å². The van der Waals surface area contributed by atoms with Crippen LogP contribution in [0.1, 0.15) is 31.4 Å². The summed E-state index contributed by atoms with van der Waals surface area (Å²) in [5.74, 6) is 0. The lowest BCUT2D eigenvalue weighted by Crippen LogP contribution is -2.20. The standard InChI is InChI=1S/C15H22N2/c1-15(2)9-14(15)16-10-11-4-5-13-12(8-11)6-7-17(13)3/h4-5,8,14,16H,6-7,9-10H2,1-3H3. The van der Waals surface area contributed by atoms with Gasteiger partial charge in [-0.1, -0.05) is 26.0 Å². The molecule has 1 atom stereocenters. The van der Waals surface area contributed by atoms with Gasteiger partial charge < -0.3 is 10.2 Å². The number of nitrogens with zero attached hydrogens (tertiary/aromatic N) is 1. The van der Waals surface area contributed by atoms with Crippen LogP contribution in [-0.2, 0) is 13.0 Å². The molecule has 1 unspecified atom stereocenters. The molecule has 0 radical (unpaired) electrons. The van der Waals surface area contributed by atoms with Crippen molar-refractivity contribution < 1.29 is 0 Å². The summed E-state index contributed by atoms with van der Waals surface area (Å²) in [7, 11) is 2.18. The quantitative estimate of drug-likeness (QED) is 0.858. The summed E-state index contributed by atoms with van der Waals surface area (Å²) in [5, 5.41) is 3.65. The van der Waals surface area contributed by atoms with E-state index >= 15 is 0 Å². The van der Waals surface area contributed by atoms with Crippen molar-refractivity contribution in [1.29, 1.82) is 0 Å². The van der Waals surface area contributed by atoms with Gasteiger partial charge in [-0.3, -0.25) is 0 Å². The molecule has 92 valence electrons. The SMILES string of the molecule is CN1CCc2cc(CNC3CC3(C)C)ccc21. The van der Waals surface area contributed by atoms with E-state index in [4.69, 9.17) is 0 Å². The summed E-state index contributed by atoms with van der Waals surface area (Å²) in [4.78, 5) is 2.34. The molecule has 0 amide bonds. The maximum Gasteiger partial charge on any atom is 0.0397 e. The summed E-state index contributed by atoms with van der Waals surface area (Å²) in [6.45, 7) is 6.86. The molecule has 2 heteroatoms. The minimum atomic E-state index is 0.525. The highest BCUT2D eigenvalue weighted by Crippen LogP contribution is 2.44.